The van der Waals surface area contributed by atoms with Crippen molar-refractivity contribution in [1.29, 1.82) is 0 Å². The summed E-state index contributed by atoms with van der Waals surface area (Å²) >= 11 is 5.88. The number of urea groups is 1. The molecule has 0 aromatic heterocycles. The lowest BCUT2D eigenvalue weighted by Gasteiger charge is -2.38. The third-order valence-corrected chi connectivity index (χ3v) is 6.38. The molecule has 132 valence electrons. The number of hydrogen-bond donors (Lipinski definition) is 1. The number of nitrogens with zero attached hydrogens (tertiary/aromatic N) is 1. The van der Waals surface area contributed by atoms with Crippen LogP contribution in [0.2, 0.25) is 5.02 Å². The van der Waals surface area contributed by atoms with E-state index >= 15 is 0 Å². The second-order valence-electron chi connectivity index (χ2n) is 5.69. The lowest BCUT2D eigenvalue weighted by atomic mass is 10.2. The van der Waals surface area contributed by atoms with Crippen molar-refractivity contribution in [3.8, 4) is 5.75 Å². The highest BCUT2D eigenvalue weighted by Gasteiger charge is 2.40. The summed E-state index contributed by atoms with van der Waals surface area (Å²) in [5.41, 5.74) is 0.568. The maximum Gasteiger partial charge on any atom is 0.321 e. The highest BCUT2D eigenvalue weighted by atomic mass is 35.5. The molecule has 0 unspecified atom stereocenters. The minimum atomic E-state index is -3.47. The molecule has 8 heteroatoms. The Balaban J connectivity index is 1.61. The molecule has 0 saturated carbocycles. The monoisotopic (exact) mass is 380 g/mol. The van der Waals surface area contributed by atoms with Crippen LogP contribution < -0.4 is 10.1 Å². The fourth-order valence-electron chi connectivity index (χ4n) is 2.53. The summed E-state index contributed by atoms with van der Waals surface area (Å²) in [4.78, 5) is 13.8. The van der Waals surface area contributed by atoms with Gasteiger partial charge in [-0.15, -0.1) is 0 Å². The molecule has 6 nitrogen and oxygen atoms in total. The molecule has 2 aromatic rings. The normalized spacial score (nSPS) is 14.7. The summed E-state index contributed by atoms with van der Waals surface area (Å²) in [6.45, 7) is 0.307. The lowest BCUT2D eigenvalue weighted by Crippen LogP contribution is -2.58. The number of benzene rings is 2. The van der Waals surface area contributed by atoms with Crippen LogP contribution in [0.4, 0.5) is 10.5 Å². The van der Waals surface area contributed by atoms with Crippen LogP contribution in [0.25, 0.3) is 0 Å². The van der Waals surface area contributed by atoms with Crippen LogP contribution in [0.3, 0.4) is 0 Å². The molecule has 25 heavy (non-hydrogen) atoms. The quantitative estimate of drug-likeness (QED) is 0.884. The Morgan fingerprint density at radius 1 is 1.20 bits per heavy atom. The summed E-state index contributed by atoms with van der Waals surface area (Å²) in [6.07, 6.45) is 0. The van der Waals surface area contributed by atoms with Gasteiger partial charge in [0.15, 0.2) is 9.84 Å². The molecule has 2 aromatic carbocycles. The molecule has 1 saturated heterocycles. The van der Waals surface area contributed by atoms with E-state index in [-0.39, 0.29) is 24.0 Å². The fourth-order valence-corrected chi connectivity index (χ4v) is 4.37. The largest absolute Gasteiger partial charge is 0.497 e. The van der Waals surface area contributed by atoms with Gasteiger partial charge in [-0.25, -0.2) is 13.2 Å². The second-order valence-corrected chi connectivity index (χ2v) is 8.35. The molecule has 3 rings (SSSR count). The average molecular weight is 381 g/mol. The first-order chi connectivity index (χ1) is 11.9. The zero-order chi connectivity index (χ0) is 18.0. The van der Waals surface area contributed by atoms with Gasteiger partial charge in [-0.2, -0.15) is 0 Å². The van der Waals surface area contributed by atoms with Crippen LogP contribution in [0, 0.1) is 0 Å². The van der Waals surface area contributed by atoms with Crippen LogP contribution in [0.5, 0.6) is 5.75 Å². The van der Waals surface area contributed by atoms with Crippen LogP contribution >= 0.6 is 11.6 Å². The number of ether oxygens (including phenoxy) is 1. The van der Waals surface area contributed by atoms with Crippen LogP contribution in [0.15, 0.2) is 53.4 Å². The second kappa shape index (κ2) is 6.93. The van der Waals surface area contributed by atoms with E-state index in [2.05, 4.69) is 5.32 Å². The average Bonchev–Trinajstić information content (AvgIpc) is 2.53. The Bertz CT molecular complexity index is 878. The minimum Gasteiger partial charge on any atom is -0.497 e. The topological polar surface area (TPSA) is 75.7 Å². The van der Waals surface area contributed by atoms with Gasteiger partial charge in [-0.1, -0.05) is 17.7 Å². The van der Waals surface area contributed by atoms with E-state index in [1.807, 2.05) is 0 Å². The number of halogens is 1. The highest BCUT2D eigenvalue weighted by molar-refractivity contribution is 7.92. The molecule has 0 bridgehead atoms. The predicted molar refractivity (Wildman–Crippen MR) is 96.0 cm³/mol. The number of carbonyl (C=O) groups is 1. The van der Waals surface area contributed by atoms with Gasteiger partial charge in [-0.3, -0.25) is 0 Å². The molecule has 1 heterocycles. The SMILES string of the molecule is COc1ccc(S(=O)(=O)C2CN(C(=O)Nc3cccc(Cl)c3)C2)cc1. The Morgan fingerprint density at radius 3 is 2.48 bits per heavy atom. The molecule has 1 fully saturated rings. The van der Waals surface area contributed by atoms with E-state index in [1.54, 1.807) is 36.4 Å². The van der Waals surface area contributed by atoms with E-state index in [9.17, 15) is 13.2 Å². The van der Waals surface area contributed by atoms with Gasteiger partial charge in [-0.05, 0) is 42.5 Å². The lowest BCUT2D eigenvalue weighted by molar-refractivity contribution is 0.182. The number of sulfone groups is 1. The number of methoxy groups -OCH3 is 1. The number of carbonyl (C=O) groups excluding carboxylic acids is 1. The van der Waals surface area contributed by atoms with Gasteiger partial charge in [0.1, 0.15) is 11.0 Å². The van der Waals surface area contributed by atoms with Gasteiger partial charge >= 0.3 is 6.03 Å². The molecular formula is C17H17ClN2O4S. The van der Waals surface area contributed by atoms with E-state index in [4.69, 9.17) is 16.3 Å². The van der Waals surface area contributed by atoms with Gasteiger partial charge in [0.25, 0.3) is 0 Å². The molecule has 0 aliphatic carbocycles. The van der Waals surface area contributed by atoms with Crippen LogP contribution in [0.1, 0.15) is 0 Å². The first-order valence-electron chi connectivity index (χ1n) is 7.59. The zero-order valence-corrected chi connectivity index (χ0v) is 15.0. The molecule has 0 atom stereocenters. The van der Waals surface area contributed by atoms with Crippen molar-refractivity contribution in [2.45, 2.75) is 10.1 Å². The number of hydrogen-bond acceptors (Lipinski definition) is 4. The Labute approximate surface area is 151 Å². The van der Waals surface area contributed by atoms with Crippen molar-refractivity contribution in [3.63, 3.8) is 0 Å². The van der Waals surface area contributed by atoms with Gasteiger partial charge in [0, 0.05) is 23.8 Å². The van der Waals surface area contributed by atoms with Crippen molar-refractivity contribution in [1.82, 2.24) is 4.90 Å². The van der Waals surface area contributed by atoms with Crippen molar-refractivity contribution in [3.05, 3.63) is 53.6 Å². The number of nitrogens with one attached hydrogen (secondary N) is 1. The number of likely N-dealkylation sites (tertiary alicyclic amines) is 1. The van der Waals surface area contributed by atoms with E-state index in [0.717, 1.165) is 0 Å². The predicted octanol–water partition coefficient (Wildman–Crippen LogP) is 3.04. The molecule has 0 spiro atoms. The van der Waals surface area contributed by atoms with Crippen LogP contribution in [-0.4, -0.2) is 44.8 Å². The van der Waals surface area contributed by atoms with E-state index in [0.29, 0.717) is 16.5 Å². The summed E-state index contributed by atoms with van der Waals surface area (Å²) < 4.78 is 30.2. The molecule has 2 amide bonds. The van der Waals surface area contributed by atoms with E-state index in [1.165, 1.54) is 24.1 Å². The molecule has 1 aliphatic rings. The summed E-state index contributed by atoms with van der Waals surface area (Å²) in [7, 11) is -1.95. The minimum absolute atomic E-state index is 0.154. The number of amides is 2. The maximum atomic E-state index is 12.6. The van der Waals surface area contributed by atoms with Crippen molar-refractivity contribution in [2.24, 2.45) is 0 Å². The molecule has 1 N–H and O–H groups in total. The van der Waals surface area contributed by atoms with Gasteiger partial charge in [0.05, 0.1) is 12.0 Å². The Hall–Kier alpha value is -2.25. The van der Waals surface area contributed by atoms with Crippen molar-refractivity contribution < 1.29 is 17.9 Å². The fraction of sp³-hybridized carbons (Fsp3) is 0.235. The Kier molecular flexibility index (Phi) is 4.87. The van der Waals surface area contributed by atoms with Crippen molar-refractivity contribution >= 4 is 33.2 Å². The smallest absolute Gasteiger partial charge is 0.321 e. The molecule has 0 radical (unpaired) electrons. The molecule has 1 aliphatic heterocycles. The maximum absolute atomic E-state index is 12.6. The van der Waals surface area contributed by atoms with Gasteiger partial charge in [0.2, 0.25) is 0 Å². The first-order valence-corrected chi connectivity index (χ1v) is 9.52. The summed E-state index contributed by atoms with van der Waals surface area (Å²) in [5, 5.41) is 2.61. The van der Waals surface area contributed by atoms with Gasteiger partial charge < -0.3 is 15.0 Å². The summed E-state index contributed by atoms with van der Waals surface area (Å²) in [5.74, 6) is 0.593. The number of anilines is 1. The standard InChI is InChI=1S/C17H17ClN2O4S/c1-24-14-5-7-15(8-6-14)25(22,23)16-10-20(11-16)17(21)19-13-4-2-3-12(18)9-13/h2-9,16H,10-11H2,1H3,(H,19,21). The number of rotatable bonds is 4. The summed E-state index contributed by atoms with van der Waals surface area (Å²) in [6, 6.07) is 12.7. The van der Waals surface area contributed by atoms with Crippen LogP contribution in [-0.2, 0) is 9.84 Å². The Morgan fingerprint density at radius 2 is 1.88 bits per heavy atom. The highest BCUT2D eigenvalue weighted by Crippen LogP contribution is 2.26. The third-order valence-electron chi connectivity index (χ3n) is 4.04. The first kappa shape index (κ1) is 17.6. The van der Waals surface area contributed by atoms with Crippen molar-refractivity contribution in [2.75, 3.05) is 25.5 Å². The third kappa shape index (κ3) is 3.72. The van der Waals surface area contributed by atoms with E-state index < -0.39 is 15.1 Å². The zero-order valence-electron chi connectivity index (χ0n) is 13.5. The molecular weight excluding hydrogens is 364 g/mol.